The first-order valence-corrected chi connectivity index (χ1v) is 6.83. The van der Waals surface area contributed by atoms with Crippen LogP contribution < -0.4 is 10.6 Å². The van der Waals surface area contributed by atoms with Gasteiger partial charge in [0.1, 0.15) is 0 Å². The van der Waals surface area contributed by atoms with E-state index in [2.05, 4.69) is 10.6 Å². The Morgan fingerprint density at radius 2 is 2.15 bits per heavy atom. The Morgan fingerprint density at radius 1 is 1.40 bits per heavy atom. The van der Waals surface area contributed by atoms with Gasteiger partial charge in [-0.1, -0.05) is 18.2 Å². The maximum absolute atomic E-state index is 12.4. The van der Waals surface area contributed by atoms with Crippen LogP contribution in [-0.2, 0) is 16.0 Å². The maximum atomic E-state index is 12.4. The number of para-hydroxylation sites is 1. The normalized spacial score (nSPS) is 21.6. The third-order valence-electron chi connectivity index (χ3n) is 3.79. The zero-order valence-electron chi connectivity index (χ0n) is 11.6. The molecule has 1 atom stereocenters. The summed E-state index contributed by atoms with van der Waals surface area (Å²) in [6.45, 7) is 3.48. The zero-order chi connectivity index (χ0) is 14.6. The first kappa shape index (κ1) is 14.5. The lowest BCUT2D eigenvalue weighted by Crippen LogP contribution is -2.35. The molecule has 5 nitrogen and oxygen atoms in total. The molecule has 2 rings (SSSR count). The van der Waals surface area contributed by atoms with Crippen molar-refractivity contribution in [3.05, 3.63) is 29.8 Å². The SMILES string of the molecule is CC1(C(=O)Nc2ccccc2CCC(=O)O)CCNC1. The molecule has 108 valence electrons. The summed E-state index contributed by atoms with van der Waals surface area (Å²) < 4.78 is 0. The molecular formula is C15H20N2O3. The van der Waals surface area contributed by atoms with Crippen molar-refractivity contribution in [2.75, 3.05) is 18.4 Å². The Bertz CT molecular complexity index is 508. The predicted molar refractivity (Wildman–Crippen MR) is 76.6 cm³/mol. The van der Waals surface area contributed by atoms with Crippen LogP contribution in [0.25, 0.3) is 0 Å². The molecule has 1 aliphatic rings. The summed E-state index contributed by atoms with van der Waals surface area (Å²) >= 11 is 0. The summed E-state index contributed by atoms with van der Waals surface area (Å²) in [5, 5.41) is 14.9. The number of hydrogen-bond acceptors (Lipinski definition) is 3. The van der Waals surface area contributed by atoms with Gasteiger partial charge in [0.25, 0.3) is 0 Å². The fourth-order valence-corrected chi connectivity index (χ4v) is 2.39. The van der Waals surface area contributed by atoms with Gasteiger partial charge in [0.15, 0.2) is 0 Å². The predicted octanol–water partition coefficient (Wildman–Crippen LogP) is 1.64. The van der Waals surface area contributed by atoms with Crippen molar-refractivity contribution in [2.45, 2.75) is 26.2 Å². The zero-order valence-corrected chi connectivity index (χ0v) is 11.6. The van der Waals surface area contributed by atoms with Crippen LogP contribution in [-0.4, -0.2) is 30.1 Å². The Labute approximate surface area is 118 Å². The van der Waals surface area contributed by atoms with Crippen molar-refractivity contribution in [3.63, 3.8) is 0 Å². The van der Waals surface area contributed by atoms with Crippen LogP contribution >= 0.6 is 0 Å². The van der Waals surface area contributed by atoms with Gasteiger partial charge in [-0.2, -0.15) is 0 Å². The van der Waals surface area contributed by atoms with Crippen LogP contribution in [0.2, 0.25) is 0 Å². The van der Waals surface area contributed by atoms with Crippen LogP contribution in [0.4, 0.5) is 5.69 Å². The number of amides is 1. The molecule has 0 radical (unpaired) electrons. The van der Waals surface area contributed by atoms with Gasteiger partial charge in [0, 0.05) is 18.7 Å². The Balaban J connectivity index is 2.08. The minimum absolute atomic E-state index is 0.00900. The number of carboxylic acid groups (broad SMARTS) is 1. The monoisotopic (exact) mass is 276 g/mol. The van der Waals surface area contributed by atoms with E-state index >= 15 is 0 Å². The first-order chi connectivity index (χ1) is 9.51. The van der Waals surface area contributed by atoms with Crippen molar-refractivity contribution < 1.29 is 14.7 Å². The van der Waals surface area contributed by atoms with E-state index in [4.69, 9.17) is 5.11 Å². The van der Waals surface area contributed by atoms with Gasteiger partial charge in [-0.05, 0) is 37.9 Å². The summed E-state index contributed by atoms with van der Waals surface area (Å²) in [6, 6.07) is 7.37. The van der Waals surface area contributed by atoms with E-state index in [0.717, 1.165) is 18.5 Å². The van der Waals surface area contributed by atoms with E-state index in [-0.39, 0.29) is 17.7 Å². The molecule has 0 saturated carbocycles. The van der Waals surface area contributed by atoms with Gasteiger partial charge < -0.3 is 15.7 Å². The number of rotatable bonds is 5. The molecule has 5 heteroatoms. The Hall–Kier alpha value is -1.88. The molecule has 1 unspecified atom stereocenters. The fraction of sp³-hybridized carbons (Fsp3) is 0.467. The van der Waals surface area contributed by atoms with E-state index in [1.165, 1.54) is 0 Å². The third kappa shape index (κ3) is 3.36. The van der Waals surface area contributed by atoms with Crippen molar-refractivity contribution >= 4 is 17.6 Å². The fourth-order valence-electron chi connectivity index (χ4n) is 2.39. The van der Waals surface area contributed by atoms with Gasteiger partial charge in [-0.25, -0.2) is 0 Å². The molecule has 1 aliphatic heterocycles. The highest BCUT2D eigenvalue weighted by Crippen LogP contribution is 2.27. The number of aryl methyl sites for hydroxylation is 1. The molecule has 1 aromatic rings. The highest BCUT2D eigenvalue weighted by atomic mass is 16.4. The van der Waals surface area contributed by atoms with Gasteiger partial charge in [-0.3, -0.25) is 9.59 Å². The van der Waals surface area contributed by atoms with Crippen LogP contribution in [0.5, 0.6) is 0 Å². The molecule has 0 aromatic heterocycles. The number of hydrogen-bond donors (Lipinski definition) is 3. The van der Waals surface area contributed by atoms with Crippen molar-refractivity contribution in [2.24, 2.45) is 5.41 Å². The van der Waals surface area contributed by atoms with E-state index in [0.29, 0.717) is 18.7 Å². The van der Waals surface area contributed by atoms with Gasteiger partial charge in [0.2, 0.25) is 5.91 Å². The molecule has 1 heterocycles. The number of benzene rings is 1. The molecule has 0 aliphatic carbocycles. The second-order valence-corrected chi connectivity index (χ2v) is 5.49. The quantitative estimate of drug-likeness (QED) is 0.764. The maximum Gasteiger partial charge on any atom is 0.303 e. The Morgan fingerprint density at radius 3 is 2.80 bits per heavy atom. The summed E-state index contributed by atoms with van der Waals surface area (Å²) in [6.07, 6.45) is 1.29. The van der Waals surface area contributed by atoms with Crippen molar-refractivity contribution in [3.8, 4) is 0 Å². The minimum Gasteiger partial charge on any atom is -0.481 e. The highest BCUT2D eigenvalue weighted by Gasteiger charge is 2.36. The van der Waals surface area contributed by atoms with Gasteiger partial charge in [0.05, 0.1) is 5.41 Å². The van der Waals surface area contributed by atoms with Crippen LogP contribution in [0, 0.1) is 5.41 Å². The summed E-state index contributed by atoms with van der Waals surface area (Å²) in [7, 11) is 0. The van der Waals surface area contributed by atoms with E-state index in [1.807, 2.05) is 31.2 Å². The molecule has 3 N–H and O–H groups in total. The van der Waals surface area contributed by atoms with Crippen LogP contribution in [0.1, 0.15) is 25.3 Å². The lowest BCUT2D eigenvalue weighted by molar-refractivity contribution is -0.137. The standard InChI is InChI=1S/C15H20N2O3/c1-15(8-9-16-10-15)14(20)17-12-5-3-2-4-11(12)6-7-13(18)19/h2-5,16H,6-10H2,1H3,(H,17,20)(H,18,19). The number of nitrogens with one attached hydrogen (secondary N) is 2. The number of anilines is 1. The average molecular weight is 276 g/mol. The molecule has 1 aromatic carbocycles. The average Bonchev–Trinajstić information content (AvgIpc) is 2.86. The summed E-state index contributed by atoms with van der Waals surface area (Å²) in [5.74, 6) is -0.844. The van der Waals surface area contributed by atoms with Crippen LogP contribution in [0.15, 0.2) is 24.3 Å². The summed E-state index contributed by atoms with van der Waals surface area (Å²) in [5.41, 5.74) is 1.18. The molecule has 1 fully saturated rings. The minimum atomic E-state index is -0.835. The van der Waals surface area contributed by atoms with E-state index in [9.17, 15) is 9.59 Å². The van der Waals surface area contributed by atoms with Gasteiger partial charge in [-0.15, -0.1) is 0 Å². The van der Waals surface area contributed by atoms with Crippen LogP contribution in [0.3, 0.4) is 0 Å². The van der Waals surface area contributed by atoms with Crippen molar-refractivity contribution in [1.29, 1.82) is 0 Å². The number of carboxylic acids is 1. The smallest absolute Gasteiger partial charge is 0.303 e. The lowest BCUT2D eigenvalue weighted by atomic mass is 9.88. The molecule has 0 bridgehead atoms. The largest absolute Gasteiger partial charge is 0.481 e. The molecular weight excluding hydrogens is 256 g/mol. The summed E-state index contributed by atoms with van der Waals surface area (Å²) in [4.78, 5) is 23.0. The molecule has 1 amide bonds. The van der Waals surface area contributed by atoms with E-state index in [1.54, 1.807) is 0 Å². The van der Waals surface area contributed by atoms with E-state index < -0.39 is 5.97 Å². The third-order valence-corrected chi connectivity index (χ3v) is 3.79. The van der Waals surface area contributed by atoms with Gasteiger partial charge >= 0.3 is 5.97 Å². The second-order valence-electron chi connectivity index (χ2n) is 5.49. The Kier molecular flexibility index (Phi) is 4.39. The molecule has 0 spiro atoms. The first-order valence-electron chi connectivity index (χ1n) is 6.83. The number of carbonyl (C=O) groups is 2. The number of carbonyl (C=O) groups excluding carboxylic acids is 1. The molecule has 20 heavy (non-hydrogen) atoms. The highest BCUT2D eigenvalue weighted by molar-refractivity contribution is 5.96. The lowest BCUT2D eigenvalue weighted by Gasteiger charge is -2.22. The topological polar surface area (TPSA) is 78.4 Å². The molecule has 1 saturated heterocycles. The van der Waals surface area contributed by atoms with Crippen molar-refractivity contribution in [1.82, 2.24) is 5.32 Å². The number of aliphatic carboxylic acids is 1. The second kappa shape index (κ2) is 6.05.